The highest BCUT2D eigenvalue weighted by Gasteiger charge is 2.25. The van der Waals surface area contributed by atoms with Gasteiger partial charge in [0.1, 0.15) is 11.6 Å². The fourth-order valence-electron chi connectivity index (χ4n) is 4.53. The summed E-state index contributed by atoms with van der Waals surface area (Å²) in [7, 11) is 0. The molecular formula is C27H35F2N5S. The van der Waals surface area contributed by atoms with Crippen LogP contribution in [0.1, 0.15) is 49.0 Å². The Hall–Kier alpha value is -2.71. The summed E-state index contributed by atoms with van der Waals surface area (Å²) in [5.41, 5.74) is 1.75. The number of hydrogen-bond acceptors (Lipinski definition) is 5. The van der Waals surface area contributed by atoms with Crippen molar-refractivity contribution in [3.63, 3.8) is 0 Å². The van der Waals surface area contributed by atoms with Crippen LogP contribution in [-0.4, -0.2) is 42.8 Å². The lowest BCUT2D eigenvalue weighted by molar-refractivity contribution is 0.363. The molecule has 1 aliphatic rings. The molecule has 0 spiro atoms. The van der Waals surface area contributed by atoms with Gasteiger partial charge in [-0.3, -0.25) is 10.8 Å². The second-order valence-corrected chi connectivity index (χ2v) is 9.46. The Morgan fingerprint density at radius 3 is 2.40 bits per heavy atom. The Morgan fingerprint density at radius 1 is 1.09 bits per heavy atom. The largest absolute Gasteiger partial charge is 0.369 e. The van der Waals surface area contributed by atoms with E-state index in [0.717, 1.165) is 25.5 Å². The molecule has 2 unspecified atom stereocenters. The minimum Gasteiger partial charge on any atom is -0.369 e. The molecule has 0 aromatic heterocycles. The predicted molar refractivity (Wildman–Crippen MR) is 144 cm³/mol. The maximum atomic E-state index is 15.0. The van der Waals surface area contributed by atoms with E-state index in [1.54, 1.807) is 4.90 Å². The summed E-state index contributed by atoms with van der Waals surface area (Å²) in [5, 5.41) is 18.3. The van der Waals surface area contributed by atoms with Gasteiger partial charge in [-0.25, -0.2) is 8.78 Å². The van der Waals surface area contributed by atoms with Gasteiger partial charge in [0.2, 0.25) is 0 Å². The number of piperidine rings is 1. The standard InChI is InChI=1S/C27H35F2N5S/c1-2-6-22(9-10-27(35)20-7-4-3-5-8-20)32-17-21-15-25(29)26(16-24(21)28)33-13-11-23(12-14-33)34(18-30)19-31/h2-8,15-16,18-19,22-23,27,30-32,35H,9-14,17H2,1H3/b6-2+,30-18?,31-19?. The van der Waals surface area contributed by atoms with Crippen molar-refractivity contribution >= 4 is 31.0 Å². The summed E-state index contributed by atoms with van der Waals surface area (Å²) >= 11 is 4.73. The number of benzene rings is 2. The van der Waals surface area contributed by atoms with E-state index in [-0.39, 0.29) is 29.6 Å². The van der Waals surface area contributed by atoms with Crippen molar-refractivity contribution in [2.45, 2.75) is 56.5 Å². The van der Waals surface area contributed by atoms with Crippen molar-refractivity contribution in [2.24, 2.45) is 0 Å². The van der Waals surface area contributed by atoms with Crippen LogP contribution in [-0.2, 0) is 6.54 Å². The fourth-order valence-corrected chi connectivity index (χ4v) is 4.85. The first-order valence-electron chi connectivity index (χ1n) is 12.1. The van der Waals surface area contributed by atoms with Gasteiger partial charge in [-0.15, -0.1) is 0 Å². The van der Waals surface area contributed by atoms with Gasteiger partial charge in [0.25, 0.3) is 0 Å². The number of rotatable bonds is 12. The molecule has 5 nitrogen and oxygen atoms in total. The van der Waals surface area contributed by atoms with Crippen LogP contribution in [0.15, 0.2) is 54.6 Å². The number of halogens is 2. The Kier molecular flexibility index (Phi) is 10.3. The van der Waals surface area contributed by atoms with Crippen molar-refractivity contribution in [3.8, 4) is 0 Å². The van der Waals surface area contributed by atoms with Crippen LogP contribution in [0.25, 0.3) is 0 Å². The quantitative estimate of drug-likeness (QED) is 0.127. The molecule has 2 atom stereocenters. The van der Waals surface area contributed by atoms with Crippen LogP contribution in [0.4, 0.5) is 14.5 Å². The topological polar surface area (TPSA) is 66.2 Å². The average molecular weight is 500 g/mol. The third kappa shape index (κ3) is 7.39. The Bertz CT molecular complexity index is 985. The molecule has 0 saturated carbocycles. The van der Waals surface area contributed by atoms with E-state index in [1.807, 2.05) is 42.2 Å². The molecule has 3 rings (SSSR count). The van der Waals surface area contributed by atoms with Gasteiger partial charge in [-0.1, -0.05) is 42.5 Å². The number of allylic oxidation sites excluding steroid dienone is 1. The zero-order chi connectivity index (χ0) is 25.2. The molecule has 3 N–H and O–H groups in total. The van der Waals surface area contributed by atoms with Crippen molar-refractivity contribution in [2.75, 3.05) is 18.0 Å². The molecule has 8 heteroatoms. The van der Waals surface area contributed by atoms with E-state index in [2.05, 4.69) is 17.4 Å². The zero-order valence-electron chi connectivity index (χ0n) is 20.1. The smallest absolute Gasteiger partial charge is 0.147 e. The Labute approximate surface area is 212 Å². The van der Waals surface area contributed by atoms with E-state index >= 15 is 0 Å². The van der Waals surface area contributed by atoms with Crippen LogP contribution in [0.3, 0.4) is 0 Å². The van der Waals surface area contributed by atoms with Crippen molar-refractivity contribution < 1.29 is 8.78 Å². The minimum absolute atomic E-state index is 0.0325. The maximum absolute atomic E-state index is 15.0. The molecule has 0 bridgehead atoms. The molecule has 1 heterocycles. The van der Waals surface area contributed by atoms with Crippen molar-refractivity contribution in [3.05, 3.63) is 77.4 Å². The fraction of sp³-hybridized carbons (Fsp3) is 0.407. The van der Waals surface area contributed by atoms with Gasteiger partial charge >= 0.3 is 0 Å². The molecule has 2 aromatic carbocycles. The summed E-state index contributed by atoms with van der Waals surface area (Å²) in [5.74, 6) is -0.855. The Balaban J connectivity index is 1.58. The van der Waals surface area contributed by atoms with Crippen LogP contribution in [0, 0.1) is 22.5 Å². The number of hydrogen-bond donors (Lipinski definition) is 4. The highest BCUT2D eigenvalue weighted by atomic mass is 32.1. The summed E-state index contributed by atoms with van der Waals surface area (Å²) < 4.78 is 29.9. The second kappa shape index (κ2) is 13.4. The van der Waals surface area contributed by atoms with Gasteiger partial charge in [-0.05, 0) is 44.2 Å². The monoisotopic (exact) mass is 499 g/mol. The normalized spacial score (nSPS) is 16.3. The molecule has 1 aliphatic heterocycles. The first-order chi connectivity index (χ1) is 17.0. The SMILES string of the molecule is C/C=C/C(CCC(S)c1ccccc1)NCc1cc(F)c(N2CCC(N(C=N)C=N)CC2)cc1F. The molecule has 0 aliphatic carbocycles. The third-order valence-corrected chi connectivity index (χ3v) is 7.11. The molecular weight excluding hydrogens is 464 g/mol. The summed E-state index contributed by atoms with van der Waals surface area (Å²) in [4.78, 5) is 3.39. The molecule has 2 aromatic rings. The van der Waals surface area contributed by atoms with Crippen molar-refractivity contribution in [1.82, 2.24) is 10.2 Å². The number of thiol groups is 1. The lowest BCUT2D eigenvalue weighted by Crippen LogP contribution is -2.44. The summed E-state index contributed by atoms with van der Waals surface area (Å²) in [6.45, 7) is 3.28. The second-order valence-electron chi connectivity index (χ2n) is 8.84. The Morgan fingerprint density at radius 2 is 1.77 bits per heavy atom. The maximum Gasteiger partial charge on any atom is 0.147 e. The van der Waals surface area contributed by atoms with Gasteiger partial charge in [0.15, 0.2) is 0 Å². The highest BCUT2D eigenvalue weighted by Crippen LogP contribution is 2.28. The first-order valence-corrected chi connectivity index (χ1v) is 12.6. The van der Waals surface area contributed by atoms with Gasteiger partial charge in [0, 0.05) is 48.6 Å². The van der Waals surface area contributed by atoms with Gasteiger partial charge in [0.05, 0.1) is 18.4 Å². The zero-order valence-corrected chi connectivity index (χ0v) is 21.0. The third-order valence-electron chi connectivity index (χ3n) is 6.56. The van der Waals surface area contributed by atoms with Crippen LogP contribution >= 0.6 is 12.6 Å². The average Bonchev–Trinajstić information content (AvgIpc) is 2.88. The molecule has 0 radical (unpaired) electrons. The van der Waals surface area contributed by atoms with Crippen LogP contribution < -0.4 is 10.2 Å². The van der Waals surface area contributed by atoms with Crippen molar-refractivity contribution in [1.29, 1.82) is 10.8 Å². The van der Waals surface area contributed by atoms with E-state index in [1.165, 1.54) is 17.7 Å². The lowest BCUT2D eigenvalue weighted by atomic mass is 10.0. The van der Waals surface area contributed by atoms with E-state index in [4.69, 9.17) is 23.4 Å². The summed E-state index contributed by atoms with van der Waals surface area (Å²) in [6, 6.07) is 12.8. The van der Waals surface area contributed by atoms with Gasteiger partial charge < -0.3 is 15.1 Å². The van der Waals surface area contributed by atoms with Crippen LogP contribution in [0.5, 0.6) is 0 Å². The number of nitrogens with zero attached hydrogens (tertiary/aromatic N) is 2. The molecule has 188 valence electrons. The van der Waals surface area contributed by atoms with E-state index < -0.39 is 11.6 Å². The molecule has 0 amide bonds. The van der Waals surface area contributed by atoms with E-state index in [0.29, 0.717) is 31.5 Å². The molecule has 1 fully saturated rings. The lowest BCUT2D eigenvalue weighted by Gasteiger charge is -2.37. The predicted octanol–water partition coefficient (Wildman–Crippen LogP) is 5.94. The summed E-state index contributed by atoms with van der Waals surface area (Å²) in [6.07, 6.45) is 9.31. The molecule has 1 saturated heterocycles. The molecule has 35 heavy (non-hydrogen) atoms. The number of anilines is 1. The minimum atomic E-state index is -0.431. The highest BCUT2D eigenvalue weighted by molar-refractivity contribution is 7.80. The van der Waals surface area contributed by atoms with Crippen LogP contribution in [0.2, 0.25) is 0 Å². The van der Waals surface area contributed by atoms with E-state index in [9.17, 15) is 8.78 Å². The van der Waals surface area contributed by atoms with Gasteiger partial charge in [-0.2, -0.15) is 12.6 Å². The first kappa shape index (κ1) is 26.9. The number of nitrogens with one attached hydrogen (secondary N) is 3.